The number of esters is 1. The van der Waals surface area contributed by atoms with Gasteiger partial charge in [-0.1, -0.05) is 29.3 Å². The first-order valence-corrected chi connectivity index (χ1v) is 11.8. The van der Waals surface area contributed by atoms with Crippen molar-refractivity contribution in [3.63, 3.8) is 0 Å². The van der Waals surface area contributed by atoms with Gasteiger partial charge in [-0.05, 0) is 48.0 Å². The number of hydrogen-bond donors (Lipinski definition) is 1. The summed E-state index contributed by atoms with van der Waals surface area (Å²) < 4.78 is 16.1. The van der Waals surface area contributed by atoms with Crippen LogP contribution in [0.4, 0.5) is 10.5 Å². The quantitative estimate of drug-likeness (QED) is 0.239. The summed E-state index contributed by atoms with van der Waals surface area (Å²) in [6.45, 7) is 0.0522. The van der Waals surface area contributed by atoms with Crippen LogP contribution in [0.3, 0.4) is 0 Å². The molecule has 1 aromatic heterocycles. The fraction of sp³-hybridized carbons (Fsp3) is 0.192. The lowest BCUT2D eigenvalue weighted by atomic mass is 10.1. The van der Waals surface area contributed by atoms with Crippen LogP contribution in [0.15, 0.2) is 58.6 Å². The number of hydrogen-bond acceptors (Lipinski definition) is 7. The summed E-state index contributed by atoms with van der Waals surface area (Å²) in [5.74, 6) is -0.470. The molecule has 1 N–H and O–H groups in total. The molecule has 0 radical (unpaired) electrons. The van der Waals surface area contributed by atoms with E-state index in [-0.39, 0.29) is 30.4 Å². The van der Waals surface area contributed by atoms with E-state index in [0.717, 1.165) is 16.2 Å². The Morgan fingerprint density at radius 2 is 1.86 bits per heavy atom. The fourth-order valence-corrected chi connectivity index (χ4v) is 3.86. The SMILES string of the molecule is COC(=O)c1ccc(CN2C(=O)N/C(=C\c3ccc(N(C)C)cc3OCc3ccc(Cl)c(Cl)c3)C2=O)o1. The molecule has 4 rings (SSSR count). The van der Waals surface area contributed by atoms with Gasteiger partial charge >= 0.3 is 12.0 Å². The van der Waals surface area contributed by atoms with Gasteiger partial charge in [0.1, 0.15) is 23.8 Å². The number of carbonyl (C=O) groups excluding carboxylic acids is 3. The van der Waals surface area contributed by atoms with Gasteiger partial charge in [-0.15, -0.1) is 0 Å². The lowest BCUT2D eigenvalue weighted by molar-refractivity contribution is -0.123. The van der Waals surface area contributed by atoms with Crippen molar-refractivity contribution < 1.29 is 28.3 Å². The van der Waals surface area contributed by atoms with E-state index in [2.05, 4.69) is 10.1 Å². The molecule has 1 saturated heterocycles. The van der Waals surface area contributed by atoms with Gasteiger partial charge in [-0.25, -0.2) is 9.59 Å². The smallest absolute Gasteiger partial charge is 0.373 e. The molecule has 2 heterocycles. The Labute approximate surface area is 223 Å². The molecular formula is C26H23Cl2N3O6. The van der Waals surface area contributed by atoms with Crippen LogP contribution in [0.25, 0.3) is 6.08 Å². The molecule has 1 aliphatic heterocycles. The molecule has 1 aliphatic rings. The molecule has 2 aromatic carbocycles. The maximum Gasteiger partial charge on any atom is 0.373 e. The highest BCUT2D eigenvalue weighted by atomic mass is 35.5. The first kappa shape index (κ1) is 26.1. The maximum absolute atomic E-state index is 13.0. The minimum atomic E-state index is -0.654. The number of anilines is 1. The number of furan rings is 1. The van der Waals surface area contributed by atoms with E-state index >= 15 is 0 Å². The molecular weight excluding hydrogens is 521 g/mol. The molecule has 37 heavy (non-hydrogen) atoms. The summed E-state index contributed by atoms with van der Waals surface area (Å²) >= 11 is 12.1. The normalized spacial score (nSPS) is 14.2. The molecule has 0 saturated carbocycles. The van der Waals surface area contributed by atoms with Gasteiger partial charge in [-0.3, -0.25) is 9.69 Å². The number of carbonyl (C=O) groups is 3. The van der Waals surface area contributed by atoms with Gasteiger partial charge in [0, 0.05) is 31.4 Å². The highest BCUT2D eigenvalue weighted by Gasteiger charge is 2.34. The first-order valence-electron chi connectivity index (χ1n) is 11.1. The number of nitrogens with one attached hydrogen (secondary N) is 1. The number of ether oxygens (including phenoxy) is 2. The molecule has 9 nitrogen and oxygen atoms in total. The van der Waals surface area contributed by atoms with Crippen LogP contribution >= 0.6 is 23.2 Å². The van der Waals surface area contributed by atoms with E-state index in [4.69, 9.17) is 32.4 Å². The first-order chi connectivity index (χ1) is 17.7. The van der Waals surface area contributed by atoms with Gasteiger partial charge in [-0.2, -0.15) is 0 Å². The van der Waals surface area contributed by atoms with Crippen LogP contribution in [0, 0.1) is 0 Å². The summed E-state index contributed by atoms with van der Waals surface area (Å²) in [6.07, 6.45) is 1.55. The van der Waals surface area contributed by atoms with Crippen LogP contribution in [0.2, 0.25) is 10.0 Å². The summed E-state index contributed by atoms with van der Waals surface area (Å²) in [6, 6.07) is 13.0. The Hall–Kier alpha value is -3.95. The minimum absolute atomic E-state index is 0.0231. The molecule has 192 valence electrons. The minimum Gasteiger partial charge on any atom is -0.488 e. The maximum atomic E-state index is 13.0. The van der Waals surface area contributed by atoms with Gasteiger partial charge in [0.15, 0.2) is 0 Å². The second kappa shape index (κ2) is 11.0. The largest absolute Gasteiger partial charge is 0.488 e. The van der Waals surface area contributed by atoms with E-state index in [1.807, 2.05) is 31.1 Å². The second-order valence-corrected chi connectivity index (χ2v) is 9.11. The number of amides is 3. The molecule has 0 spiro atoms. The van der Waals surface area contributed by atoms with E-state index in [1.54, 1.807) is 30.3 Å². The summed E-state index contributed by atoms with van der Waals surface area (Å²) in [4.78, 5) is 40.1. The zero-order valence-electron chi connectivity index (χ0n) is 20.2. The van der Waals surface area contributed by atoms with E-state index < -0.39 is 17.9 Å². The van der Waals surface area contributed by atoms with Crippen molar-refractivity contribution in [1.29, 1.82) is 0 Å². The Bertz CT molecular complexity index is 1400. The lowest BCUT2D eigenvalue weighted by Gasteiger charge is -2.16. The van der Waals surface area contributed by atoms with Crippen LogP contribution < -0.4 is 15.0 Å². The van der Waals surface area contributed by atoms with E-state index in [9.17, 15) is 14.4 Å². The van der Waals surface area contributed by atoms with Crippen LogP contribution in [-0.2, 0) is 22.7 Å². The van der Waals surface area contributed by atoms with Crippen molar-refractivity contribution in [1.82, 2.24) is 10.2 Å². The molecule has 0 bridgehead atoms. The Morgan fingerprint density at radius 1 is 1.08 bits per heavy atom. The number of methoxy groups -OCH3 is 1. The molecule has 1 fully saturated rings. The number of imide groups is 1. The van der Waals surface area contributed by atoms with Crippen molar-refractivity contribution >= 4 is 52.9 Å². The monoisotopic (exact) mass is 543 g/mol. The molecule has 0 unspecified atom stereocenters. The standard InChI is InChI=1S/C26H23Cl2N3O6/c1-30(2)17-6-5-16(23(12-17)36-14-15-4-8-19(27)20(28)10-15)11-21-24(32)31(26(34)29-21)13-18-7-9-22(37-18)25(33)35-3/h4-12H,13-14H2,1-3H3,(H,29,34)/b21-11-. The topological polar surface area (TPSA) is 101 Å². The van der Waals surface area contributed by atoms with E-state index in [1.165, 1.54) is 19.2 Å². The fourth-order valence-electron chi connectivity index (χ4n) is 3.54. The van der Waals surface area contributed by atoms with Crippen molar-refractivity contribution in [3.8, 4) is 5.75 Å². The van der Waals surface area contributed by atoms with Crippen LogP contribution in [0.1, 0.15) is 27.4 Å². The zero-order valence-corrected chi connectivity index (χ0v) is 21.7. The van der Waals surface area contributed by atoms with Crippen molar-refractivity contribution in [3.05, 3.63) is 86.9 Å². The van der Waals surface area contributed by atoms with Crippen molar-refractivity contribution in [2.75, 3.05) is 26.1 Å². The van der Waals surface area contributed by atoms with E-state index in [0.29, 0.717) is 21.4 Å². The van der Waals surface area contributed by atoms with Crippen molar-refractivity contribution in [2.45, 2.75) is 13.2 Å². The summed E-state index contributed by atoms with van der Waals surface area (Å²) in [7, 11) is 5.02. The molecule has 0 atom stereocenters. The number of urea groups is 1. The molecule has 0 aliphatic carbocycles. The molecule has 3 amide bonds. The Kier molecular flexibility index (Phi) is 7.75. The van der Waals surface area contributed by atoms with Crippen LogP contribution in [-0.4, -0.2) is 44.0 Å². The van der Waals surface area contributed by atoms with Gasteiger partial charge in [0.05, 0.1) is 23.7 Å². The third kappa shape index (κ3) is 5.90. The predicted molar refractivity (Wildman–Crippen MR) is 139 cm³/mol. The third-order valence-electron chi connectivity index (χ3n) is 5.52. The van der Waals surface area contributed by atoms with Gasteiger partial charge in [0.2, 0.25) is 5.76 Å². The highest BCUT2D eigenvalue weighted by molar-refractivity contribution is 6.42. The zero-order chi connectivity index (χ0) is 26.7. The third-order valence-corrected chi connectivity index (χ3v) is 6.26. The summed E-state index contributed by atoms with van der Waals surface area (Å²) in [5, 5.41) is 3.45. The number of nitrogens with zero attached hydrogens (tertiary/aromatic N) is 2. The Balaban J connectivity index is 1.56. The highest BCUT2D eigenvalue weighted by Crippen LogP contribution is 2.30. The molecule has 3 aromatic rings. The van der Waals surface area contributed by atoms with Gasteiger partial charge < -0.3 is 24.1 Å². The predicted octanol–water partition coefficient (Wildman–Crippen LogP) is 5.11. The van der Waals surface area contributed by atoms with Crippen LogP contribution in [0.5, 0.6) is 5.75 Å². The Morgan fingerprint density at radius 3 is 2.57 bits per heavy atom. The average molecular weight is 544 g/mol. The average Bonchev–Trinajstić information content (AvgIpc) is 3.45. The van der Waals surface area contributed by atoms with Crippen molar-refractivity contribution in [2.24, 2.45) is 0 Å². The lowest BCUT2D eigenvalue weighted by Crippen LogP contribution is -2.30. The summed E-state index contributed by atoms with van der Waals surface area (Å²) in [5.41, 5.74) is 2.35. The number of benzene rings is 2. The number of halogens is 2. The molecule has 11 heteroatoms. The van der Waals surface area contributed by atoms with Gasteiger partial charge in [0.25, 0.3) is 5.91 Å². The number of rotatable bonds is 8. The second-order valence-electron chi connectivity index (χ2n) is 8.29.